The average Bonchev–Trinajstić information content (AvgIpc) is 2.68. The first-order chi connectivity index (χ1) is 12.3. The number of amides is 1. The van der Waals surface area contributed by atoms with Gasteiger partial charge in [-0.3, -0.25) is 4.79 Å². The summed E-state index contributed by atoms with van der Waals surface area (Å²) in [6.45, 7) is 0.375. The zero-order valence-corrected chi connectivity index (χ0v) is 13.9. The number of para-hydroxylation sites is 2. The number of benzene rings is 3. The first kappa shape index (κ1) is 16.6. The molecule has 3 rings (SSSR count). The fraction of sp³-hybridized carbons (Fsp3) is 0.0952. The summed E-state index contributed by atoms with van der Waals surface area (Å²) >= 11 is 0. The lowest BCUT2D eigenvalue weighted by atomic mass is 10.1. The van der Waals surface area contributed by atoms with Crippen LogP contribution < -0.4 is 14.8 Å². The monoisotopic (exact) mass is 333 g/mol. The number of rotatable bonds is 6. The molecule has 126 valence electrons. The molecule has 1 N–H and O–H groups in total. The van der Waals surface area contributed by atoms with Crippen molar-refractivity contribution in [3.05, 3.63) is 90.0 Å². The van der Waals surface area contributed by atoms with Crippen molar-refractivity contribution in [2.24, 2.45) is 0 Å². The molecular formula is C21H19NO3. The van der Waals surface area contributed by atoms with Crippen LogP contribution >= 0.6 is 0 Å². The third-order valence-corrected chi connectivity index (χ3v) is 3.72. The van der Waals surface area contributed by atoms with Crippen molar-refractivity contribution in [3.63, 3.8) is 0 Å². The maximum Gasteiger partial charge on any atom is 0.259 e. The summed E-state index contributed by atoms with van der Waals surface area (Å²) in [5.41, 5.74) is 2.25. The molecule has 0 aliphatic rings. The normalized spacial score (nSPS) is 10.1. The Bertz CT molecular complexity index is 829. The second-order valence-corrected chi connectivity index (χ2v) is 5.45. The summed E-state index contributed by atoms with van der Waals surface area (Å²) in [6.07, 6.45) is 0. The number of hydrogen-bond acceptors (Lipinski definition) is 3. The number of hydrogen-bond donors (Lipinski definition) is 1. The Morgan fingerprint density at radius 1 is 0.880 bits per heavy atom. The molecule has 0 aliphatic heterocycles. The predicted octanol–water partition coefficient (Wildman–Crippen LogP) is 4.53. The second kappa shape index (κ2) is 8.02. The molecule has 0 heterocycles. The molecule has 0 aromatic heterocycles. The quantitative estimate of drug-likeness (QED) is 0.721. The van der Waals surface area contributed by atoms with E-state index < -0.39 is 0 Å². The van der Waals surface area contributed by atoms with E-state index in [1.54, 1.807) is 19.2 Å². The van der Waals surface area contributed by atoms with Gasteiger partial charge in [0.2, 0.25) is 0 Å². The van der Waals surface area contributed by atoms with E-state index >= 15 is 0 Å². The van der Waals surface area contributed by atoms with Gasteiger partial charge in [-0.15, -0.1) is 0 Å². The molecule has 25 heavy (non-hydrogen) atoms. The Kier molecular flexibility index (Phi) is 5.32. The van der Waals surface area contributed by atoms with Crippen LogP contribution in [0.15, 0.2) is 78.9 Å². The third kappa shape index (κ3) is 4.38. The van der Waals surface area contributed by atoms with E-state index in [9.17, 15) is 4.79 Å². The fourth-order valence-corrected chi connectivity index (χ4v) is 2.38. The Morgan fingerprint density at radius 3 is 2.28 bits per heavy atom. The van der Waals surface area contributed by atoms with Crippen LogP contribution in [0, 0.1) is 0 Å². The first-order valence-corrected chi connectivity index (χ1v) is 7.97. The van der Waals surface area contributed by atoms with Gasteiger partial charge in [0.05, 0.1) is 12.7 Å². The molecule has 0 unspecified atom stereocenters. The van der Waals surface area contributed by atoms with Crippen LogP contribution in [0.4, 0.5) is 5.69 Å². The minimum Gasteiger partial charge on any atom is -0.497 e. The Balaban J connectivity index is 1.70. The summed E-state index contributed by atoms with van der Waals surface area (Å²) < 4.78 is 11.0. The number of methoxy groups -OCH3 is 1. The molecule has 0 atom stereocenters. The first-order valence-electron chi connectivity index (χ1n) is 7.97. The Hall–Kier alpha value is -3.27. The Labute approximate surface area is 147 Å². The molecule has 3 aromatic rings. The van der Waals surface area contributed by atoms with Crippen LogP contribution in [-0.2, 0) is 6.61 Å². The number of ether oxygens (including phenoxy) is 2. The van der Waals surface area contributed by atoms with Gasteiger partial charge in [0.1, 0.15) is 18.1 Å². The maximum absolute atomic E-state index is 12.5. The summed E-state index contributed by atoms with van der Waals surface area (Å²) in [5.74, 6) is 1.15. The van der Waals surface area contributed by atoms with Gasteiger partial charge >= 0.3 is 0 Å². The molecule has 4 heteroatoms. The van der Waals surface area contributed by atoms with Crippen LogP contribution in [0.3, 0.4) is 0 Å². The lowest BCUT2D eigenvalue weighted by Gasteiger charge is -2.12. The summed E-state index contributed by atoms with van der Waals surface area (Å²) in [6, 6.07) is 24.2. The number of anilines is 1. The zero-order valence-electron chi connectivity index (χ0n) is 13.9. The SMILES string of the molecule is COc1ccc(COc2ccccc2C(=O)Nc2ccccc2)cc1. The molecule has 3 aromatic carbocycles. The van der Waals surface area contributed by atoms with Crippen LogP contribution in [0.1, 0.15) is 15.9 Å². The summed E-state index contributed by atoms with van der Waals surface area (Å²) in [4.78, 5) is 12.5. The molecule has 0 saturated carbocycles. The largest absolute Gasteiger partial charge is 0.497 e. The van der Waals surface area contributed by atoms with E-state index in [4.69, 9.17) is 9.47 Å². The Morgan fingerprint density at radius 2 is 1.56 bits per heavy atom. The summed E-state index contributed by atoms with van der Waals surface area (Å²) in [7, 11) is 1.63. The second-order valence-electron chi connectivity index (χ2n) is 5.45. The van der Waals surface area contributed by atoms with Gasteiger partial charge in [-0.2, -0.15) is 0 Å². The van der Waals surface area contributed by atoms with Crippen molar-refractivity contribution in [3.8, 4) is 11.5 Å². The highest BCUT2D eigenvalue weighted by Crippen LogP contribution is 2.21. The molecule has 0 fully saturated rings. The minimum absolute atomic E-state index is 0.198. The van der Waals surface area contributed by atoms with Crippen LogP contribution in [0.5, 0.6) is 11.5 Å². The van der Waals surface area contributed by atoms with Crippen molar-refractivity contribution in [1.29, 1.82) is 0 Å². The smallest absolute Gasteiger partial charge is 0.259 e. The zero-order chi connectivity index (χ0) is 17.5. The van der Waals surface area contributed by atoms with E-state index in [0.29, 0.717) is 17.9 Å². The molecule has 1 amide bonds. The van der Waals surface area contributed by atoms with Gasteiger partial charge in [0.15, 0.2) is 0 Å². The van der Waals surface area contributed by atoms with Gasteiger partial charge in [-0.25, -0.2) is 0 Å². The van der Waals surface area contributed by atoms with Crippen molar-refractivity contribution in [2.45, 2.75) is 6.61 Å². The molecule has 0 spiro atoms. The van der Waals surface area contributed by atoms with Crippen LogP contribution in [-0.4, -0.2) is 13.0 Å². The van der Waals surface area contributed by atoms with Gasteiger partial charge in [0, 0.05) is 5.69 Å². The van der Waals surface area contributed by atoms with E-state index in [2.05, 4.69) is 5.32 Å². The topological polar surface area (TPSA) is 47.6 Å². The van der Waals surface area contributed by atoms with E-state index in [1.165, 1.54) is 0 Å². The molecule has 4 nitrogen and oxygen atoms in total. The number of carbonyl (C=O) groups is 1. The van der Waals surface area contributed by atoms with Crippen LogP contribution in [0.25, 0.3) is 0 Å². The molecule has 0 aliphatic carbocycles. The van der Waals surface area contributed by atoms with Crippen molar-refractivity contribution >= 4 is 11.6 Å². The predicted molar refractivity (Wildman–Crippen MR) is 98.2 cm³/mol. The standard InChI is InChI=1S/C21H19NO3/c1-24-18-13-11-16(12-14-18)15-25-20-10-6-5-9-19(20)21(23)22-17-7-3-2-4-8-17/h2-14H,15H2,1H3,(H,22,23). The average molecular weight is 333 g/mol. The minimum atomic E-state index is -0.198. The van der Waals surface area contributed by atoms with Crippen molar-refractivity contribution < 1.29 is 14.3 Å². The van der Waals surface area contributed by atoms with Gasteiger partial charge in [-0.05, 0) is 42.0 Å². The lowest BCUT2D eigenvalue weighted by molar-refractivity contribution is 0.102. The highest BCUT2D eigenvalue weighted by molar-refractivity contribution is 6.06. The van der Waals surface area contributed by atoms with E-state index in [-0.39, 0.29) is 5.91 Å². The highest BCUT2D eigenvalue weighted by Gasteiger charge is 2.12. The van der Waals surface area contributed by atoms with Crippen molar-refractivity contribution in [2.75, 3.05) is 12.4 Å². The number of nitrogens with one attached hydrogen (secondary N) is 1. The van der Waals surface area contributed by atoms with Gasteiger partial charge in [-0.1, -0.05) is 42.5 Å². The lowest BCUT2D eigenvalue weighted by Crippen LogP contribution is -2.13. The van der Waals surface area contributed by atoms with Crippen molar-refractivity contribution in [1.82, 2.24) is 0 Å². The molecular weight excluding hydrogens is 314 g/mol. The van der Waals surface area contributed by atoms with Crippen LogP contribution in [0.2, 0.25) is 0 Å². The fourth-order valence-electron chi connectivity index (χ4n) is 2.38. The number of carbonyl (C=O) groups excluding carboxylic acids is 1. The third-order valence-electron chi connectivity index (χ3n) is 3.72. The van der Waals surface area contributed by atoms with Gasteiger partial charge in [0.25, 0.3) is 5.91 Å². The molecule has 0 bridgehead atoms. The van der Waals surface area contributed by atoms with E-state index in [0.717, 1.165) is 17.0 Å². The molecule has 0 saturated heterocycles. The maximum atomic E-state index is 12.5. The van der Waals surface area contributed by atoms with Gasteiger partial charge < -0.3 is 14.8 Å². The summed E-state index contributed by atoms with van der Waals surface area (Å²) in [5, 5.41) is 2.88. The highest BCUT2D eigenvalue weighted by atomic mass is 16.5. The van der Waals surface area contributed by atoms with E-state index in [1.807, 2.05) is 66.7 Å². The molecule has 0 radical (unpaired) electrons.